The molecule has 1 heterocycles. The summed E-state index contributed by atoms with van der Waals surface area (Å²) in [6, 6.07) is 1.43. The first-order valence-electron chi connectivity index (χ1n) is 5.58. The van der Waals surface area contributed by atoms with Gasteiger partial charge in [-0.15, -0.1) is 0 Å². The van der Waals surface area contributed by atoms with E-state index in [9.17, 15) is 0 Å². The molecule has 1 rings (SSSR count). The van der Waals surface area contributed by atoms with Gasteiger partial charge in [-0.2, -0.15) is 0 Å². The van der Waals surface area contributed by atoms with Crippen molar-refractivity contribution in [1.29, 1.82) is 0 Å². The van der Waals surface area contributed by atoms with E-state index >= 15 is 0 Å². The van der Waals surface area contributed by atoms with Crippen LogP contribution < -0.4 is 5.32 Å². The minimum atomic E-state index is 0.702. The van der Waals surface area contributed by atoms with Crippen LogP contribution in [0, 0.1) is 5.92 Å². The van der Waals surface area contributed by atoms with Crippen LogP contribution >= 0.6 is 0 Å². The van der Waals surface area contributed by atoms with Gasteiger partial charge in [0.25, 0.3) is 0 Å². The zero-order valence-electron chi connectivity index (χ0n) is 9.51. The van der Waals surface area contributed by atoms with Crippen LogP contribution in [0.15, 0.2) is 0 Å². The first-order valence-corrected chi connectivity index (χ1v) is 5.58. The lowest BCUT2D eigenvalue weighted by Gasteiger charge is -2.24. The summed E-state index contributed by atoms with van der Waals surface area (Å²) in [6.07, 6.45) is 1.30. The van der Waals surface area contributed by atoms with Crippen molar-refractivity contribution < 1.29 is 0 Å². The molecule has 0 saturated carbocycles. The predicted octanol–water partition coefficient (Wildman–Crippen LogP) is 1.71. The zero-order chi connectivity index (χ0) is 9.84. The Morgan fingerprint density at radius 3 is 2.38 bits per heavy atom. The molecule has 1 N–H and O–H groups in total. The molecule has 0 radical (unpaired) electrons. The number of rotatable bonds is 2. The number of hydrogen-bond acceptors (Lipinski definition) is 2. The molecule has 0 bridgehead atoms. The first-order chi connectivity index (χ1) is 6.11. The maximum Gasteiger partial charge on any atom is 0.0110 e. The minimum Gasteiger partial charge on any atom is -0.312 e. The molecule has 2 heteroatoms. The van der Waals surface area contributed by atoms with E-state index in [0.717, 1.165) is 18.5 Å². The smallest absolute Gasteiger partial charge is 0.0110 e. The second-order valence-corrected chi connectivity index (χ2v) is 4.72. The van der Waals surface area contributed by atoms with Crippen LogP contribution in [0.5, 0.6) is 0 Å². The Morgan fingerprint density at radius 2 is 1.85 bits per heavy atom. The summed E-state index contributed by atoms with van der Waals surface area (Å²) in [6.45, 7) is 12.8. The molecule has 0 aromatic heterocycles. The lowest BCUT2D eigenvalue weighted by Crippen LogP contribution is -2.35. The highest BCUT2D eigenvalue weighted by Crippen LogP contribution is 2.11. The summed E-state index contributed by atoms with van der Waals surface area (Å²) in [5.74, 6) is 0.770. The highest BCUT2D eigenvalue weighted by atomic mass is 15.2. The van der Waals surface area contributed by atoms with E-state index in [1.54, 1.807) is 0 Å². The van der Waals surface area contributed by atoms with Crippen molar-refractivity contribution in [3.05, 3.63) is 0 Å². The van der Waals surface area contributed by atoms with Gasteiger partial charge in [-0.1, -0.05) is 13.8 Å². The number of nitrogens with zero attached hydrogens (tertiary/aromatic N) is 1. The van der Waals surface area contributed by atoms with Gasteiger partial charge < -0.3 is 5.32 Å². The fourth-order valence-electron chi connectivity index (χ4n) is 2.00. The van der Waals surface area contributed by atoms with Crippen molar-refractivity contribution in [2.75, 3.05) is 19.6 Å². The van der Waals surface area contributed by atoms with Crippen LogP contribution in [0.2, 0.25) is 0 Å². The van der Waals surface area contributed by atoms with E-state index in [2.05, 4.69) is 37.9 Å². The molecule has 0 amide bonds. The molecule has 0 aromatic rings. The van der Waals surface area contributed by atoms with Gasteiger partial charge in [0.1, 0.15) is 0 Å². The zero-order valence-corrected chi connectivity index (χ0v) is 9.51. The van der Waals surface area contributed by atoms with Gasteiger partial charge >= 0.3 is 0 Å². The molecular weight excluding hydrogens is 160 g/mol. The van der Waals surface area contributed by atoms with Crippen LogP contribution in [-0.4, -0.2) is 36.6 Å². The Labute approximate surface area is 82.7 Å². The highest BCUT2D eigenvalue weighted by Gasteiger charge is 2.19. The number of hydrogen-bond donors (Lipinski definition) is 1. The molecule has 0 aliphatic carbocycles. The average Bonchev–Trinajstić information content (AvgIpc) is 2.27. The van der Waals surface area contributed by atoms with E-state index in [0.29, 0.717) is 6.04 Å². The highest BCUT2D eigenvalue weighted by molar-refractivity contribution is 4.78. The first kappa shape index (κ1) is 11.0. The van der Waals surface area contributed by atoms with Gasteiger partial charge in [0.2, 0.25) is 0 Å². The fourth-order valence-corrected chi connectivity index (χ4v) is 2.00. The van der Waals surface area contributed by atoms with E-state index in [4.69, 9.17) is 0 Å². The monoisotopic (exact) mass is 184 g/mol. The molecule has 1 unspecified atom stereocenters. The summed E-state index contributed by atoms with van der Waals surface area (Å²) in [5.41, 5.74) is 0. The molecule has 1 saturated heterocycles. The van der Waals surface area contributed by atoms with Crippen LogP contribution in [0.3, 0.4) is 0 Å². The molecule has 13 heavy (non-hydrogen) atoms. The standard InChI is InChI=1S/C11H24N2/c1-9(2)11-5-7-13(10(3)4)8-6-12-11/h9-12H,5-8H2,1-4H3. The second-order valence-electron chi connectivity index (χ2n) is 4.72. The maximum atomic E-state index is 3.62. The maximum absolute atomic E-state index is 3.62. The summed E-state index contributed by atoms with van der Waals surface area (Å²) in [7, 11) is 0. The van der Waals surface area contributed by atoms with Crippen molar-refractivity contribution in [3.8, 4) is 0 Å². The summed E-state index contributed by atoms with van der Waals surface area (Å²) >= 11 is 0. The van der Waals surface area contributed by atoms with E-state index in [1.165, 1.54) is 19.5 Å². The van der Waals surface area contributed by atoms with Crippen molar-refractivity contribution in [1.82, 2.24) is 10.2 Å². The topological polar surface area (TPSA) is 15.3 Å². The van der Waals surface area contributed by atoms with Crippen molar-refractivity contribution in [3.63, 3.8) is 0 Å². The van der Waals surface area contributed by atoms with Crippen molar-refractivity contribution in [2.45, 2.75) is 46.2 Å². The van der Waals surface area contributed by atoms with E-state index < -0.39 is 0 Å². The summed E-state index contributed by atoms with van der Waals surface area (Å²) < 4.78 is 0. The van der Waals surface area contributed by atoms with Gasteiger partial charge in [-0.25, -0.2) is 0 Å². The van der Waals surface area contributed by atoms with Crippen LogP contribution in [0.25, 0.3) is 0 Å². The van der Waals surface area contributed by atoms with Crippen molar-refractivity contribution >= 4 is 0 Å². The molecular formula is C11H24N2. The predicted molar refractivity (Wildman–Crippen MR) is 58.0 cm³/mol. The molecule has 1 aliphatic rings. The van der Waals surface area contributed by atoms with Crippen molar-refractivity contribution in [2.24, 2.45) is 5.92 Å². The van der Waals surface area contributed by atoms with Gasteiger partial charge in [-0.05, 0) is 32.7 Å². The average molecular weight is 184 g/mol. The Hall–Kier alpha value is -0.0800. The van der Waals surface area contributed by atoms with E-state index in [-0.39, 0.29) is 0 Å². The normalized spacial score (nSPS) is 26.8. The second kappa shape index (κ2) is 4.97. The third-order valence-corrected chi connectivity index (χ3v) is 3.07. The molecule has 78 valence electrons. The molecule has 0 spiro atoms. The van der Waals surface area contributed by atoms with Gasteiger partial charge in [0, 0.05) is 25.2 Å². The summed E-state index contributed by atoms with van der Waals surface area (Å²) in [5, 5.41) is 3.62. The van der Waals surface area contributed by atoms with Crippen LogP contribution in [0.4, 0.5) is 0 Å². The third-order valence-electron chi connectivity index (χ3n) is 3.07. The summed E-state index contributed by atoms with van der Waals surface area (Å²) in [4.78, 5) is 2.56. The SMILES string of the molecule is CC(C)C1CCN(C(C)C)CCN1. The Balaban J connectivity index is 2.39. The molecule has 1 aliphatic heterocycles. The fraction of sp³-hybridized carbons (Fsp3) is 1.00. The van der Waals surface area contributed by atoms with Gasteiger partial charge in [-0.3, -0.25) is 4.90 Å². The lowest BCUT2D eigenvalue weighted by molar-refractivity contribution is 0.233. The van der Waals surface area contributed by atoms with Gasteiger partial charge in [0.05, 0.1) is 0 Å². The van der Waals surface area contributed by atoms with Crippen LogP contribution in [-0.2, 0) is 0 Å². The third kappa shape index (κ3) is 3.28. The number of nitrogens with one attached hydrogen (secondary N) is 1. The van der Waals surface area contributed by atoms with Crippen LogP contribution in [0.1, 0.15) is 34.1 Å². The van der Waals surface area contributed by atoms with E-state index in [1.807, 2.05) is 0 Å². The quantitative estimate of drug-likeness (QED) is 0.703. The molecule has 1 atom stereocenters. The Morgan fingerprint density at radius 1 is 1.15 bits per heavy atom. The minimum absolute atomic E-state index is 0.702. The lowest BCUT2D eigenvalue weighted by atomic mass is 10.0. The molecule has 0 aromatic carbocycles. The molecule has 2 nitrogen and oxygen atoms in total. The Bertz CT molecular complexity index is 127. The molecule has 1 fully saturated rings. The largest absolute Gasteiger partial charge is 0.312 e. The Kier molecular flexibility index (Phi) is 4.20. The van der Waals surface area contributed by atoms with Gasteiger partial charge in [0.15, 0.2) is 0 Å².